The third kappa shape index (κ3) is 4.35. The second kappa shape index (κ2) is 6.24. The number of hydrogen-bond acceptors (Lipinski definition) is 2. The zero-order valence-electron chi connectivity index (χ0n) is 13.3. The fourth-order valence-electron chi connectivity index (χ4n) is 3.66. The predicted molar refractivity (Wildman–Crippen MR) is 81.2 cm³/mol. The molecule has 0 unspecified atom stereocenters. The summed E-state index contributed by atoms with van der Waals surface area (Å²) in [7, 11) is 0. The lowest BCUT2D eigenvalue weighted by atomic mass is 9.77. The van der Waals surface area contributed by atoms with Crippen LogP contribution in [0.5, 0.6) is 0 Å². The molecule has 5 nitrogen and oxygen atoms in total. The molecule has 120 valence electrons. The molecule has 2 amide bonds. The maximum atomic E-state index is 12.3. The van der Waals surface area contributed by atoms with Crippen LogP contribution in [-0.4, -0.2) is 40.6 Å². The van der Waals surface area contributed by atoms with E-state index in [9.17, 15) is 9.59 Å². The van der Waals surface area contributed by atoms with Crippen molar-refractivity contribution in [2.75, 3.05) is 13.1 Å². The molecule has 21 heavy (non-hydrogen) atoms. The van der Waals surface area contributed by atoms with Crippen LogP contribution in [0.3, 0.4) is 0 Å². The van der Waals surface area contributed by atoms with Crippen molar-refractivity contribution in [2.24, 2.45) is 5.41 Å². The smallest absolute Gasteiger partial charge is 0.317 e. The maximum Gasteiger partial charge on any atom is 0.317 e. The fraction of sp³-hybridized carbons (Fsp3) is 0.875. The van der Waals surface area contributed by atoms with Crippen molar-refractivity contribution < 1.29 is 14.7 Å². The molecule has 0 atom stereocenters. The SMILES string of the molecule is CC(C)(CCC(=O)O)NC(=O)N1CCC2(CCCC2)CC1. The van der Waals surface area contributed by atoms with E-state index < -0.39 is 11.5 Å². The van der Waals surface area contributed by atoms with Gasteiger partial charge in [-0.05, 0) is 51.4 Å². The number of carboxylic acid groups (broad SMARTS) is 1. The highest BCUT2D eigenvalue weighted by atomic mass is 16.4. The molecule has 1 aliphatic carbocycles. The van der Waals surface area contributed by atoms with E-state index in [1.54, 1.807) is 0 Å². The number of hydrogen-bond donors (Lipinski definition) is 2. The van der Waals surface area contributed by atoms with E-state index in [2.05, 4.69) is 5.32 Å². The van der Waals surface area contributed by atoms with Gasteiger partial charge in [0, 0.05) is 25.0 Å². The summed E-state index contributed by atoms with van der Waals surface area (Å²) in [4.78, 5) is 24.9. The van der Waals surface area contributed by atoms with E-state index in [1.807, 2.05) is 18.7 Å². The van der Waals surface area contributed by atoms with Crippen molar-refractivity contribution in [2.45, 2.75) is 70.8 Å². The first-order chi connectivity index (χ1) is 9.82. The number of likely N-dealkylation sites (tertiary alicyclic amines) is 1. The number of nitrogens with one attached hydrogen (secondary N) is 1. The van der Waals surface area contributed by atoms with Crippen molar-refractivity contribution in [1.29, 1.82) is 0 Å². The van der Waals surface area contributed by atoms with Gasteiger partial charge in [0.05, 0.1) is 0 Å². The largest absolute Gasteiger partial charge is 0.481 e. The van der Waals surface area contributed by atoms with Crippen molar-refractivity contribution in [3.05, 3.63) is 0 Å². The lowest BCUT2D eigenvalue weighted by Crippen LogP contribution is -2.53. The molecular weight excluding hydrogens is 268 g/mol. The number of nitrogens with zero attached hydrogens (tertiary/aromatic N) is 1. The van der Waals surface area contributed by atoms with E-state index in [4.69, 9.17) is 5.11 Å². The van der Waals surface area contributed by atoms with Gasteiger partial charge in [-0.1, -0.05) is 12.8 Å². The molecule has 0 bridgehead atoms. The molecule has 2 N–H and O–H groups in total. The summed E-state index contributed by atoms with van der Waals surface area (Å²) in [5.41, 5.74) is 0.0353. The minimum absolute atomic E-state index is 0.0433. The summed E-state index contributed by atoms with van der Waals surface area (Å²) >= 11 is 0. The topological polar surface area (TPSA) is 69.6 Å². The fourth-order valence-corrected chi connectivity index (χ4v) is 3.66. The summed E-state index contributed by atoms with van der Waals surface area (Å²) in [5.74, 6) is -0.821. The second-order valence-electron chi connectivity index (χ2n) is 7.40. The maximum absolute atomic E-state index is 12.3. The summed E-state index contributed by atoms with van der Waals surface area (Å²) in [6.07, 6.45) is 8.11. The quantitative estimate of drug-likeness (QED) is 0.838. The number of carbonyl (C=O) groups excluding carboxylic acids is 1. The van der Waals surface area contributed by atoms with Gasteiger partial charge in [-0.15, -0.1) is 0 Å². The Balaban J connectivity index is 1.80. The molecule has 1 spiro atoms. The molecule has 2 rings (SSSR count). The van der Waals surface area contributed by atoms with E-state index in [-0.39, 0.29) is 12.5 Å². The van der Waals surface area contributed by atoms with Crippen LogP contribution >= 0.6 is 0 Å². The Kier molecular flexibility index (Phi) is 4.79. The molecular formula is C16H28N2O3. The third-order valence-corrected chi connectivity index (χ3v) is 5.18. The van der Waals surface area contributed by atoms with Gasteiger partial charge in [-0.2, -0.15) is 0 Å². The van der Waals surface area contributed by atoms with Gasteiger partial charge in [0.15, 0.2) is 0 Å². The molecule has 0 aromatic heterocycles. The minimum Gasteiger partial charge on any atom is -0.481 e. The van der Waals surface area contributed by atoms with Gasteiger partial charge in [0.25, 0.3) is 0 Å². The number of rotatable bonds is 4. The summed E-state index contributed by atoms with van der Waals surface area (Å²) in [6.45, 7) is 5.44. The molecule has 0 aromatic rings. The highest BCUT2D eigenvalue weighted by Gasteiger charge is 2.38. The van der Waals surface area contributed by atoms with Crippen LogP contribution in [0.15, 0.2) is 0 Å². The Morgan fingerprint density at radius 3 is 2.24 bits per heavy atom. The average molecular weight is 296 g/mol. The molecule has 0 radical (unpaired) electrons. The van der Waals surface area contributed by atoms with Gasteiger partial charge in [0.2, 0.25) is 0 Å². The summed E-state index contributed by atoms with van der Waals surface area (Å²) in [5, 5.41) is 11.7. The third-order valence-electron chi connectivity index (χ3n) is 5.18. The molecule has 2 aliphatic rings. The van der Waals surface area contributed by atoms with Crippen LogP contribution in [0.25, 0.3) is 0 Å². The van der Waals surface area contributed by atoms with Crippen molar-refractivity contribution in [1.82, 2.24) is 10.2 Å². The highest BCUT2D eigenvalue weighted by Crippen LogP contribution is 2.46. The van der Waals surface area contributed by atoms with Crippen LogP contribution in [0.1, 0.15) is 65.2 Å². The number of amides is 2. The first-order valence-electron chi connectivity index (χ1n) is 8.11. The zero-order valence-corrected chi connectivity index (χ0v) is 13.3. The number of carboxylic acids is 1. The Hall–Kier alpha value is -1.26. The number of piperidine rings is 1. The first kappa shape index (κ1) is 16.1. The van der Waals surface area contributed by atoms with Gasteiger partial charge in [-0.25, -0.2) is 4.79 Å². The Morgan fingerprint density at radius 1 is 1.14 bits per heavy atom. The number of urea groups is 1. The Bertz CT molecular complexity index is 390. The van der Waals surface area contributed by atoms with Gasteiger partial charge in [-0.3, -0.25) is 4.79 Å². The molecule has 1 heterocycles. The van der Waals surface area contributed by atoms with E-state index in [0.717, 1.165) is 25.9 Å². The molecule has 0 aromatic carbocycles. The van der Waals surface area contributed by atoms with Crippen LogP contribution < -0.4 is 5.32 Å². The minimum atomic E-state index is -0.821. The van der Waals surface area contributed by atoms with E-state index >= 15 is 0 Å². The Labute approximate surface area is 127 Å². The van der Waals surface area contributed by atoms with Crippen molar-refractivity contribution in [3.63, 3.8) is 0 Å². The molecule has 1 aliphatic heterocycles. The lowest BCUT2D eigenvalue weighted by molar-refractivity contribution is -0.137. The Morgan fingerprint density at radius 2 is 1.71 bits per heavy atom. The van der Waals surface area contributed by atoms with Crippen LogP contribution in [0.2, 0.25) is 0 Å². The van der Waals surface area contributed by atoms with Crippen molar-refractivity contribution >= 4 is 12.0 Å². The van der Waals surface area contributed by atoms with Crippen LogP contribution in [-0.2, 0) is 4.79 Å². The number of aliphatic carboxylic acids is 1. The normalized spacial score (nSPS) is 21.5. The highest BCUT2D eigenvalue weighted by molar-refractivity contribution is 5.75. The van der Waals surface area contributed by atoms with Crippen molar-refractivity contribution in [3.8, 4) is 0 Å². The van der Waals surface area contributed by atoms with Gasteiger partial charge < -0.3 is 15.3 Å². The summed E-state index contributed by atoms with van der Waals surface area (Å²) < 4.78 is 0. The average Bonchev–Trinajstić information content (AvgIpc) is 2.85. The summed E-state index contributed by atoms with van der Waals surface area (Å²) in [6, 6.07) is -0.0433. The van der Waals surface area contributed by atoms with E-state index in [0.29, 0.717) is 11.8 Å². The van der Waals surface area contributed by atoms with Gasteiger partial charge in [0.1, 0.15) is 0 Å². The molecule has 1 saturated carbocycles. The second-order valence-corrected chi connectivity index (χ2v) is 7.40. The van der Waals surface area contributed by atoms with Crippen LogP contribution in [0.4, 0.5) is 4.79 Å². The van der Waals surface area contributed by atoms with Crippen LogP contribution in [0, 0.1) is 5.41 Å². The predicted octanol–water partition coefficient (Wildman–Crippen LogP) is 3.00. The molecule has 1 saturated heterocycles. The standard InChI is InChI=1S/C16H28N2O3/c1-15(2,8-5-13(19)20)17-14(21)18-11-9-16(10-12-18)6-3-4-7-16/h3-12H2,1-2H3,(H,17,21)(H,19,20). The number of carbonyl (C=O) groups is 2. The first-order valence-corrected chi connectivity index (χ1v) is 8.11. The molecule has 5 heteroatoms. The molecule has 2 fully saturated rings. The van der Waals surface area contributed by atoms with Gasteiger partial charge >= 0.3 is 12.0 Å². The lowest BCUT2D eigenvalue weighted by Gasteiger charge is -2.40. The zero-order chi connectivity index (χ0) is 15.5. The monoisotopic (exact) mass is 296 g/mol. The van der Waals surface area contributed by atoms with E-state index in [1.165, 1.54) is 25.7 Å².